The van der Waals surface area contributed by atoms with Crippen molar-refractivity contribution in [1.82, 2.24) is 0 Å². The first-order chi connectivity index (χ1) is 15.4. The number of unbranched alkanes of at least 4 members (excludes halogenated alkanes) is 15. The molecule has 0 spiro atoms. The van der Waals surface area contributed by atoms with Gasteiger partial charge >= 0.3 is 210 Å². The molecule has 0 aliphatic rings. The van der Waals surface area contributed by atoms with E-state index in [0.717, 1.165) is 0 Å². The van der Waals surface area contributed by atoms with E-state index >= 15 is 2.87 Å². The van der Waals surface area contributed by atoms with Gasteiger partial charge in [0.05, 0.1) is 0 Å². The van der Waals surface area contributed by atoms with E-state index in [1.807, 2.05) is 0 Å². The molecular weight excluding hydrogens is 498 g/mol. The van der Waals surface area contributed by atoms with Gasteiger partial charge in [-0.2, -0.15) is 0 Å². The van der Waals surface area contributed by atoms with E-state index < -0.39 is 18.9 Å². The Hall–Kier alpha value is 0.729. The van der Waals surface area contributed by atoms with Crippen molar-refractivity contribution in [3.63, 3.8) is 0 Å². The molecule has 0 heterocycles. The molecule has 2 heteroatoms. The molecule has 0 nitrogen and oxygen atoms in total. The Kier molecular flexibility index (Phi) is 22.7. The van der Waals surface area contributed by atoms with Crippen molar-refractivity contribution in [2.75, 3.05) is 0 Å². The average Bonchev–Trinajstić information content (AvgIpc) is 2.79. The van der Waals surface area contributed by atoms with Crippen LogP contribution in [0.25, 0.3) is 0 Å². The second-order valence-electron chi connectivity index (χ2n) is 11.2. The topological polar surface area (TPSA) is 0 Å². The van der Waals surface area contributed by atoms with E-state index in [9.17, 15) is 0 Å². The van der Waals surface area contributed by atoms with Crippen LogP contribution in [-0.2, 0) is 0 Å². The third kappa shape index (κ3) is 14.9. The van der Waals surface area contributed by atoms with Crippen molar-refractivity contribution in [1.29, 1.82) is 0 Å². The van der Waals surface area contributed by atoms with E-state index in [1.54, 1.807) is 0 Å². The first kappa shape index (κ1) is 32.7. The van der Waals surface area contributed by atoms with Gasteiger partial charge in [0.15, 0.2) is 0 Å². The van der Waals surface area contributed by atoms with Gasteiger partial charge in [0.2, 0.25) is 0 Å². The summed E-state index contributed by atoms with van der Waals surface area (Å²) >= 11 is -3.71. The number of hydrogen-bond donors (Lipinski definition) is 0. The molecule has 0 rings (SSSR count). The SMILES string of the molecule is CCCCCCCC[CH](C)[Sn]([F])([CH](C)CCCCCCCC)[CH](C)CCCCCCCC. The number of halogens is 1. The molecule has 0 N–H and O–H groups in total. The fraction of sp³-hybridized carbons (Fsp3) is 1.00. The summed E-state index contributed by atoms with van der Waals surface area (Å²) in [6, 6.07) is 0. The van der Waals surface area contributed by atoms with E-state index in [2.05, 4.69) is 41.5 Å². The molecule has 0 aromatic carbocycles. The standard InChI is InChI=1S/3C10H21.FH.Sn/c3*1-3-5-7-9-10-8-6-4-2;;/h3*3H,4-10H2,1-2H3;1H;/q;;;;+1/p-1. The molecule has 3 unspecified atom stereocenters. The third-order valence-corrected chi connectivity index (χ3v) is 23.6. The fourth-order valence-electron chi connectivity index (χ4n) is 5.81. The predicted molar refractivity (Wildman–Crippen MR) is 149 cm³/mol. The summed E-state index contributed by atoms with van der Waals surface area (Å²) < 4.78 is 18.3. The van der Waals surface area contributed by atoms with Crippen molar-refractivity contribution >= 4 is 18.9 Å². The Morgan fingerprint density at radius 3 is 0.875 bits per heavy atom. The molecular formula is C30H63FSn. The Balaban J connectivity index is 4.71. The normalized spacial score (nSPS) is 16.6. The Bertz CT molecular complexity index is 328. The molecule has 0 bridgehead atoms. The molecule has 0 aromatic rings. The number of hydrogen-bond acceptors (Lipinski definition) is 0. The zero-order chi connectivity index (χ0) is 24.1. The Labute approximate surface area is 209 Å². The van der Waals surface area contributed by atoms with Gasteiger partial charge in [0.1, 0.15) is 0 Å². The van der Waals surface area contributed by atoms with Gasteiger partial charge in [-0.3, -0.25) is 0 Å². The second kappa shape index (κ2) is 22.2. The molecule has 0 aliphatic heterocycles. The van der Waals surface area contributed by atoms with Crippen molar-refractivity contribution in [2.24, 2.45) is 0 Å². The summed E-state index contributed by atoms with van der Waals surface area (Å²) in [5.41, 5.74) is 0. The van der Waals surface area contributed by atoms with Gasteiger partial charge in [-0.25, -0.2) is 0 Å². The summed E-state index contributed by atoms with van der Waals surface area (Å²) in [4.78, 5) is 0. The molecule has 0 radical (unpaired) electrons. The maximum absolute atomic E-state index is 17.1. The van der Waals surface area contributed by atoms with E-state index in [4.69, 9.17) is 0 Å². The number of rotatable bonds is 24. The zero-order valence-corrected chi connectivity index (χ0v) is 26.3. The molecule has 0 amide bonds. The van der Waals surface area contributed by atoms with Crippen molar-refractivity contribution < 1.29 is 2.87 Å². The Morgan fingerprint density at radius 1 is 0.406 bits per heavy atom. The van der Waals surface area contributed by atoms with Gasteiger partial charge < -0.3 is 0 Å². The van der Waals surface area contributed by atoms with Crippen LogP contribution in [0.15, 0.2) is 0 Å². The van der Waals surface area contributed by atoms with E-state index in [-0.39, 0.29) is 0 Å². The molecule has 0 saturated carbocycles. The van der Waals surface area contributed by atoms with E-state index in [1.165, 1.54) is 135 Å². The van der Waals surface area contributed by atoms with Crippen LogP contribution in [0.5, 0.6) is 0 Å². The summed E-state index contributed by atoms with van der Waals surface area (Å²) in [6.45, 7) is 13.8. The van der Waals surface area contributed by atoms with Crippen LogP contribution in [0, 0.1) is 0 Å². The molecule has 194 valence electrons. The first-order valence-corrected chi connectivity index (χ1v) is 21.2. The maximum atomic E-state index is 17.1. The summed E-state index contributed by atoms with van der Waals surface area (Å²) in [5, 5.41) is 0. The zero-order valence-electron chi connectivity index (χ0n) is 23.5. The molecule has 3 atom stereocenters. The predicted octanol–water partition coefficient (Wildman–Crippen LogP) is 12.3. The van der Waals surface area contributed by atoms with Crippen LogP contribution in [-0.4, -0.2) is 18.9 Å². The fourth-order valence-corrected chi connectivity index (χ4v) is 19.7. The van der Waals surface area contributed by atoms with Crippen LogP contribution < -0.4 is 0 Å². The monoisotopic (exact) mass is 562 g/mol. The Morgan fingerprint density at radius 2 is 0.625 bits per heavy atom. The quantitative estimate of drug-likeness (QED) is 0.0812. The van der Waals surface area contributed by atoms with Crippen molar-refractivity contribution in [3.8, 4) is 0 Å². The summed E-state index contributed by atoms with van der Waals surface area (Å²) in [5.74, 6) is 0. The van der Waals surface area contributed by atoms with Crippen molar-refractivity contribution in [2.45, 2.75) is 188 Å². The molecule has 0 aromatic heterocycles. The van der Waals surface area contributed by atoms with Crippen LogP contribution in [0.1, 0.15) is 176 Å². The first-order valence-electron chi connectivity index (χ1n) is 15.1. The van der Waals surface area contributed by atoms with Crippen LogP contribution >= 0.6 is 0 Å². The summed E-state index contributed by atoms with van der Waals surface area (Å²) in [6.07, 6.45) is 27.5. The molecule has 0 aliphatic carbocycles. The average molecular weight is 562 g/mol. The molecule has 32 heavy (non-hydrogen) atoms. The van der Waals surface area contributed by atoms with Crippen LogP contribution in [0.2, 0.25) is 11.8 Å². The van der Waals surface area contributed by atoms with Gasteiger partial charge in [0.25, 0.3) is 0 Å². The van der Waals surface area contributed by atoms with Crippen LogP contribution in [0.4, 0.5) is 2.87 Å². The third-order valence-electron chi connectivity index (χ3n) is 8.24. The van der Waals surface area contributed by atoms with E-state index in [0.29, 0.717) is 11.8 Å². The molecule has 0 saturated heterocycles. The minimum atomic E-state index is -3.71. The van der Waals surface area contributed by atoms with Gasteiger partial charge in [0, 0.05) is 0 Å². The van der Waals surface area contributed by atoms with Gasteiger partial charge in [-0.1, -0.05) is 0 Å². The van der Waals surface area contributed by atoms with Crippen molar-refractivity contribution in [3.05, 3.63) is 0 Å². The molecule has 0 fully saturated rings. The van der Waals surface area contributed by atoms with Crippen LogP contribution in [0.3, 0.4) is 0 Å². The second-order valence-corrected chi connectivity index (χ2v) is 24.4. The van der Waals surface area contributed by atoms with Gasteiger partial charge in [-0.15, -0.1) is 0 Å². The van der Waals surface area contributed by atoms with Gasteiger partial charge in [-0.05, 0) is 0 Å². The minimum absolute atomic E-state index is 0.403. The summed E-state index contributed by atoms with van der Waals surface area (Å²) in [7, 11) is 0.